The van der Waals surface area contributed by atoms with Crippen molar-refractivity contribution in [3.8, 4) is 11.5 Å². The lowest BCUT2D eigenvalue weighted by atomic mass is 9.30. The number of hydrogen-bond acceptors (Lipinski definition) is 5. The molecule has 15 aromatic rings. The Kier molecular flexibility index (Phi) is 9.95. The number of para-hydroxylation sites is 10. The van der Waals surface area contributed by atoms with Crippen molar-refractivity contribution >= 4 is 158 Å². The molecule has 0 saturated carbocycles. The number of rotatable bonds is 6. The molecule has 19 rings (SSSR count). The standard InChI is InChI=1S/C77H49B2N7/c1-5-25-50(26-6-1)81-67-43-23-17-37-59(67)78-61-47-62-70(48-69(61)83(52-29-9-3-10-30-52)72-46-54(45-71(81)75(72)78)84-63-39-19-13-33-55(63)56-34-14-20-40-64(56)84)85(53-31-11-4-12-32-53)77-76-73(82(51-27-7-2-8-28-51)68-44-24-18-38-60(68)79(62)76)49-74(80-77)86-65-41-21-15-35-57(65)58-36-16-22-42-66(58)86/h1-49H. The summed E-state index contributed by atoms with van der Waals surface area (Å²) in [6.45, 7) is -0.343. The van der Waals surface area contributed by atoms with E-state index in [2.05, 4.69) is 326 Å². The second-order valence-corrected chi connectivity index (χ2v) is 23.0. The van der Waals surface area contributed by atoms with Crippen molar-refractivity contribution in [2.24, 2.45) is 0 Å². The molecule has 0 amide bonds. The molecule has 12 aromatic carbocycles. The fourth-order valence-corrected chi connectivity index (χ4v) is 15.2. The van der Waals surface area contributed by atoms with E-state index >= 15 is 0 Å². The molecule has 3 aromatic heterocycles. The first-order valence-corrected chi connectivity index (χ1v) is 29.7. The molecule has 398 valence electrons. The summed E-state index contributed by atoms with van der Waals surface area (Å²) in [6.07, 6.45) is 0. The molecule has 0 unspecified atom stereocenters. The van der Waals surface area contributed by atoms with E-state index in [1.165, 1.54) is 71.0 Å². The fraction of sp³-hybridized carbons (Fsp3) is 0. The third kappa shape index (κ3) is 6.56. The number of anilines is 12. The van der Waals surface area contributed by atoms with Crippen LogP contribution >= 0.6 is 0 Å². The summed E-state index contributed by atoms with van der Waals surface area (Å²) in [5, 5.41) is 4.84. The Morgan fingerprint density at radius 3 is 1.05 bits per heavy atom. The molecule has 0 N–H and O–H groups in total. The molecule has 9 heteroatoms. The van der Waals surface area contributed by atoms with E-state index < -0.39 is 0 Å². The molecule has 0 radical (unpaired) electrons. The Morgan fingerprint density at radius 2 is 0.581 bits per heavy atom. The SMILES string of the molecule is c1ccc(N2c3ccccc3B3c4cc5c(cc4N(c4ccccc4)c4cc(-n6c7ccccc7c7ccccc76)cc2c43)N(c2ccccc2)c2nc(-n3c4ccccc4c4ccccc43)cc3c2B5c2ccccc2N3c2ccccc2)cc1. The zero-order valence-corrected chi connectivity index (χ0v) is 46.6. The molecule has 0 aliphatic carbocycles. The van der Waals surface area contributed by atoms with Gasteiger partial charge in [-0.15, -0.1) is 0 Å². The molecular weight excluding hydrogens is 1040 g/mol. The number of aromatic nitrogens is 3. The highest BCUT2D eigenvalue weighted by Crippen LogP contribution is 2.50. The lowest BCUT2D eigenvalue weighted by Crippen LogP contribution is -2.65. The van der Waals surface area contributed by atoms with Gasteiger partial charge in [0, 0.05) is 90.2 Å². The molecular formula is C77H49B2N7. The predicted octanol–water partition coefficient (Wildman–Crippen LogP) is 15.4. The molecule has 0 fully saturated rings. The average molecular weight is 1090 g/mol. The zero-order valence-electron chi connectivity index (χ0n) is 46.6. The van der Waals surface area contributed by atoms with Gasteiger partial charge in [0.25, 0.3) is 13.4 Å². The maximum Gasteiger partial charge on any atom is 0.254 e. The van der Waals surface area contributed by atoms with E-state index in [9.17, 15) is 0 Å². The van der Waals surface area contributed by atoms with Crippen molar-refractivity contribution in [2.75, 3.05) is 19.6 Å². The minimum absolute atomic E-state index is 0.148. The van der Waals surface area contributed by atoms with Crippen molar-refractivity contribution in [1.82, 2.24) is 14.1 Å². The Hall–Kier alpha value is -11.3. The van der Waals surface area contributed by atoms with Gasteiger partial charge < -0.3 is 19.3 Å². The van der Waals surface area contributed by atoms with Crippen LogP contribution in [0.3, 0.4) is 0 Å². The van der Waals surface area contributed by atoms with Crippen LogP contribution in [-0.4, -0.2) is 27.5 Å². The molecule has 7 nitrogen and oxygen atoms in total. The van der Waals surface area contributed by atoms with Crippen LogP contribution < -0.4 is 52.4 Å². The molecule has 86 heavy (non-hydrogen) atoms. The van der Waals surface area contributed by atoms with Gasteiger partial charge in [0.2, 0.25) is 0 Å². The van der Waals surface area contributed by atoms with Crippen LogP contribution in [0.2, 0.25) is 0 Å². The third-order valence-corrected chi connectivity index (χ3v) is 18.6. The summed E-state index contributed by atoms with van der Waals surface area (Å²) in [4.78, 5) is 16.1. The normalized spacial score (nSPS) is 13.4. The van der Waals surface area contributed by atoms with Crippen LogP contribution in [0, 0.1) is 0 Å². The van der Waals surface area contributed by atoms with E-state index in [0.29, 0.717) is 0 Å². The highest BCUT2D eigenvalue weighted by Gasteiger charge is 2.49. The van der Waals surface area contributed by atoms with E-state index in [-0.39, 0.29) is 13.4 Å². The van der Waals surface area contributed by atoms with E-state index in [4.69, 9.17) is 4.98 Å². The molecule has 0 bridgehead atoms. The fourth-order valence-electron chi connectivity index (χ4n) is 15.2. The third-order valence-electron chi connectivity index (χ3n) is 18.6. The van der Waals surface area contributed by atoms with Gasteiger partial charge in [-0.1, -0.05) is 188 Å². The quantitative estimate of drug-likeness (QED) is 0.155. The lowest BCUT2D eigenvalue weighted by Gasteiger charge is -2.47. The maximum atomic E-state index is 6.08. The minimum atomic E-state index is -0.195. The van der Waals surface area contributed by atoms with Gasteiger partial charge in [0.1, 0.15) is 11.6 Å². The number of nitrogens with zero attached hydrogens (tertiary/aromatic N) is 7. The number of fused-ring (bicyclic) bond motifs is 14. The lowest BCUT2D eigenvalue weighted by molar-refractivity contribution is 1.06. The van der Waals surface area contributed by atoms with Gasteiger partial charge in [-0.3, -0.25) is 9.47 Å². The van der Waals surface area contributed by atoms with Gasteiger partial charge >= 0.3 is 0 Å². The summed E-state index contributed by atoms with van der Waals surface area (Å²) in [5.74, 6) is 1.75. The summed E-state index contributed by atoms with van der Waals surface area (Å²) >= 11 is 0. The van der Waals surface area contributed by atoms with E-state index in [0.717, 1.165) is 85.2 Å². The van der Waals surface area contributed by atoms with Crippen LogP contribution in [0.25, 0.3) is 55.1 Å². The molecule has 0 atom stereocenters. The Morgan fingerprint density at radius 1 is 0.233 bits per heavy atom. The zero-order chi connectivity index (χ0) is 56.1. The summed E-state index contributed by atoms with van der Waals surface area (Å²) in [6, 6.07) is 110. The van der Waals surface area contributed by atoms with Gasteiger partial charge in [-0.2, -0.15) is 0 Å². The monoisotopic (exact) mass is 1090 g/mol. The maximum absolute atomic E-state index is 6.08. The number of hydrogen-bond donors (Lipinski definition) is 0. The Balaban J connectivity index is 0.950. The van der Waals surface area contributed by atoms with E-state index in [1.54, 1.807) is 0 Å². The first kappa shape index (κ1) is 47.2. The van der Waals surface area contributed by atoms with Gasteiger partial charge in [-0.05, 0) is 136 Å². The number of pyridine rings is 1. The van der Waals surface area contributed by atoms with Crippen molar-refractivity contribution < 1.29 is 0 Å². The van der Waals surface area contributed by atoms with Crippen molar-refractivity contribution in [1.29, 1.82) is 0 Å². The van der Waals surface area contributed by atoms with Crippen molar-refractivity contribution in [2.45, 2.75) is 0 Å². The van der Waals surface area contributed by atoms with Crippen LogP contribution in [-0.2, 0) is 0 Å². The van der Waals surface area contributed by atoms with Gasteiger partial charge in [-0.25, -0.2) is 4.98 Å². The topological polar surface area (TPSA) is 35.7 Å². The van der Waals surface area contributed by atoms with Crippen LogP contribution in [0.15, 0.2) is 297 Å². The van der Waals surface area contributed by atoms with Crippen LogP contribution in [0.4, 0.5) is 68.4 Å². The first-order valence-electron chi connectivity index (χ1n) is 29.7. The van der Waals surface area contributed by atoms with Gasteiger partial charge in [0.15, 0.2) is 0 Å². The van der Waals surface area contributed by atoms with Gasteiger partial charge in [0.05, 0.1) is 27.8 Å². The van der Waals surface area contributed by atoms with E-state index in [1.807, 2.05) is 0 Å². The summed E-state index contributed by atoms with van der Waals surface area (Å²) in [5.41, 5.74) is 25.3. The van der Waals surface area contributed by atoms with Crippen molar-refractivity contribution in [3.05, 3.63) is 297 Å². The first-order chi connectivity index (χ1) is 42.7. The second-order valence-electron chi connectivity index (χ2n) is 23.0. The smallest absolute Gasteiger partial charge is 0.254 e. The Labute approximate surface area is 497 Å². The molecule has 0 spiro atoms. The highest BCUT2D eigenvalue weighted by atomic mass is 15.3. The summed E-state index contributed by atoms with van der Waals surface area (Å²) < 4.78 is 4.86. The molecule has 4 aliphatic rings. The largest absolute Gasteiger partial charge is 0.311 e. The summed E-state index contributed by atoms with van der Waals surface area (Å²) in [7, 11) is 0. The average Bonchev–Trinajstić information content (AvgIpc) is 0.816. The van der Waals surface area contributed by atoms with Crippen LogP contribution in [0.1, 0.15) is 0 Å². The second kappa shape index (κ2) is 18.1. The van der Waals surface area contributed by atoms with Crippen LogP contribution in [0.5, 0.6) is 0 Å². The Bertz CT molecular complexity index is 4860. The van der Waals surface area contributed by atoms with Crippen molar-refractivity contribution in [3.63, 3.8) is 0 Å². The molecule has 4 aliphatic heterocycles. The minimum Gasteiger partial charge on any atom is -0.311 e. The molecule has 0 saturated heterocycles. The highest BCUT2D eigenvalue weighted by molar-refractivity contribution is 7.03. The number of benzene rings is 12. The predicted molar refractivity (Wildman–Crippen MR) is 361 cm³/mol. The molecule has 7 heterocycles.